The van der Waals surface area contributed by atoms with Gasteiger partial charge < -0.3 is 10.4 Å². The van der Waals surface area contributed by atoms with Gasteiger partial charge in [0.25, 0.3) is 0 Å². The zero-order chi connectivity index (χ0) is 28.8. The number of benzene rings is 1. The molecule has 1 saturated heterocycles. The average Bonchev–Trinajstić information content (AvgIpc) is 2.80. The van der Waals surface area contributed by atoms with E-state index >= 15 is 0 Å². The van der Waals surface area contributed by atoms with Crippen LogP contribution in [-0.2, 0) is 17.3 Å². The van der Waals surface area contributed by atoms with Crippen LogP contribution in [0.15, 0.2) is 12.1 Å². The molecule has 2 nitrogen and oxygen atoms in total. The van der Waals surface area contributed by atoms with E-state index in [1.165, 1.54) is 76.2 Å². The molecule has 3 fully saturated rings. The van der Waals surface area contributed by atoms with Crippen molar-refractivity contribution in [3.63, 3.8) is 0 Å². The number of hydrogen-bond acceptors (Lipinski definition) is 2. The van der Waals surface area contributed by atoms with Crippen LogP contribution in [0, 0.1) is 29.6 Å². The lowest BCUT2D eigenvalue weighted by Crippen LogP contribution is -2.58. The van der Waals surface area contributed by atoms with Crippen LogP contribution in [0.3, 0.4) is 0 Å². The van der Waals surface area contributed by atoms with Gasteiger partial charge in [-0.1, -0.05) is 66.5 Å². The molecule has 0 spiro atoms. The zero-order valence-corrected chi connectivity index (χ0v) is 27.5. The van der Waals surface area contributed by atoms with E-state index in [4.69, 9.17) is 0 Å². The molecule has 2 N–H and O–H groups in total. The Morgan fingerprint density at radius 1 is 0.667 bits per heavy atom. The van der Waals surface area contributed by atoms with Crippen LogP contribution in [0.5, 0.6) is 5.75 Å². The Morgan fingerprint density at radius 3 is 1.46 bits per heavy atom. The first-order valence-electron chi connectivity index (χ1n) is 16.6. The maximum Gasteiger partial charge on any atom is 0.123 e. The van der Waals surface area contributed by atoms with Gasteiger partial charge in [0, 0.05) is 11.1 Å². The normalized spacial score (nSPS) is 30.3. The van der Waals surface area contributed by atoms with Crippen molar-refractivity contribution in [3.05, 3.63) is 28.8 Å². The molecule has 1 aromatic carbocycles. The Balaban J connectivity index is 1.27. The molecule has 0 unspecified atom stereocenters. The summed E-state index contributed by atoms with van der Waals surface area (Å²) >= 11 is 0. The summed E-state index contributed by atoms with van der Waals surface area (Å²) in [5.74, 6) is 5.23. The fraction of sp³-hybridized carbons (Fsp3) is 0.838. The van der Waals surface area contributed by atoms with Gasteiger partial charge in [-0.2, -0.15) is 0 Å². The quantitative estimate of drug-likeness (QED) is 0.391. The maximum atomic E-state index is 11.1. The molecular formula is C37H63NO. The predicted molar refractivity (Wildman–Crippen MR) is 169 cm³/mol. The van der Waals surface area contributed by atoms with Crippen LogP contribution < -0.4 is 5.32 Å². The maximum absolute atomic E-state index is 11.1. The van der Waals surface area contributed by atoms with Crippen LogP contribution in [0.2, 0.25) is 0 Å². The number of phenolic OH excluding ortho intramolecular Hbond substituents is 1. The standard InChI is InChI=1S/C37H63NO/c1-34(2,3)31-21-26(22-32(33(31)39)35(4,5)6)12-11-25-13-15-27(16-14-25)28-17-19-29(20-18-28)30-23-36(7,8)38-37(9,10)24-30/h21-22,25,27-30,38-39H,11-20,23-24H2,1-10H3. The van der Waals surface area contributed by atoms with E-state index in [9.17, 15) is 5.11 Å². The van der Waals surface area contributed by atoms with E-state index in [0.717, 1.165) is 47.1 Å². The fourth-order valence-electron chi connectivity index (χ4n) is 9.12. The van der Waals surface area contributed by atoms with E-state index in [0.29, 0.717) is 5.75 Å². The van der Waals surface area contributed by atoms with E-state index < -0.39 is 0 Å². The van der Waals surface area contributed by atoms with Crippen LogP contribution in [-0.4, -0.2) is 16.2 Å². The number of rotatable bonds is 5. The third-order valence-electron chi connectivity index (χ3n) is 10.9. The van der Waals surface area contributed by atoms with Crippen molar-refractivity contribution in [3.8, 4) is 5.75 Å². The van der Waals surface area contributed by atoms with Crippen LogP contribution in [0.1, 0.15) is 157 Å². The summed E-state index contributed by atoms with van der Waals surface area (Å²) in [5.41, 5.74) is 4.12. The lowest BCUT2D eigenvalue weighted by Gasteiger charge is -2.50. The summed E-state index contributed by atoms with van der Waals surface area (Å²) in [5, 5.41) is 15.0. The van der Waals surface area contributed by atoms with Crippen LogP contribution in [0.25, 0.3) is 0 Å². The molecule has 0 bridgehead atoms. The summed E-state index contributed by atoms with van der Waals surface area (Å²) in [6, 6.07) is 4.61. The van der Waals surface area contributed by atoms with Gasteiger partial charge in [0.05, 0.1) is 0 Å². The van der Waals surface area contributed by atoms with Crippen molar-refractivity contribution >= 4 is 0 Å². The minimum Gasteiger partial charge on any atom is -0.507 e. The van der Waals surface area contributed by atoms with Crippen molar-refractivity contribution < 1.29 is 5.11 Å². The molecule has 2 heteroatoms. The van der Waals surface area contributed by atoms with Crippen molar-refractivity contribution in [1.29, 1.82) is 0 Å². The lowest BCUT2D eigenvalue weighted by atomic mass is 9.63. The van der Waals surface area contributed by atoms with Crippen molar-refractivity contribution in [2.45, 2.75) is 168 Å². The Labute approximate surface area is 242 Å². The van der Waals surface area contributed by atoms with Crippen molar-refractivity contribution in [1.82, 2.24) is 5.32 Å². The summed E-state index contributed by atoms with van der Waals surface area (Å²) in [4.78, 5) is 0. The highest BCUT2D eigenvalue weighted by Crippen LogP contribution is 2.47. The number of phenols is 1. The first-order valence-corrected chi connectivity index (χ1v) is 16.6. The number of hydrogen-bond donors (Lipinski definition) is 2. The second kappa shape index (κ2) is 11.3. The molecule has 1 heterocycles. The highest BCUT2D eigenvalue weighted by molar-refractivity contribution is 5.49. The number of nitrogens with one attached hydrogen (secondary N) is 1. The van der Waals surface area contributed by atoms with E-state index in [1.54, 1.807) is 0 Å². The number of aromatic hydroxyl groups is 1. The first kappa shape index (κ1) is 30.9. The summed E-state index contributed by atoms with van der Waals surface area (Å²) in [6.07, 6.45) is 16.9. The first-order chi connectivity index (χ1) is 17.9. The molecule has 39 heavy (non-hydrogen) atoms. The predicted octanol–water partition coefficient (Wildman–Crippen LogP) is 10.1. The molecule has 222 valence electrons. The molecule has 0 radical (unpaired) electrons. The van der Waals surface area contributed by atoms with Gasteiger partial charge >= 0.3 is 0 Å². The van der Waals surface area contributed by atoms with E-state index in [-0.39, 0.29) is 21.9 Å². The smallest absolute Gasteiger partial charge is 0.123 e. The second-order valence-corrected chi connectivity index (χ2v) is 17.6. The molecule has 2 aliphatic carbocycles. The van der Waals surface area contributed by atoms with Gasteiger partial charge in [-0.3, -0.25) is 0 Å². The molecule has 1 aromatic rings. The summed E-state index contributed by atoms with van der Waals surface area (Å²) < 4.78 is 0. The van der Waals surface area contributed by atoms with Crippen LogP contribution in [0.4, 0.5) is 0 Å². The highest BCUT2D eigenvalue weighted by atomic mass is 16.3. The Bertz CT molecular complexity index is 907. The van der Waals surface area contributed by atoms with Gasteiger partial charge in [0.15, 0.2) is 0 Å². The second-order valence-electron chi connectivity index (χ2n) is 17.6. The highest BCUT2D eigenvalue weighted by Gasteiger charge is 2.42. The average molecular weight is 538 g/mol. The summed E-state index contributed by atoms with van der Waals surface area (Å²) in [7, 11) is 0. The molecular weight excluding hydrogens is 474 g/mol. The molecule has 4 rings (SSSR count). The van der Waals surface area contributed by atoms with E-state index in [2.05, 4.69) is 86.7 Å². The topological polar surface area (TPSA) is 32.3 Å². The SMILES string of the molecule is CC1(C)CC(C2CCC(C3CCC(CCc4cc(C(C)(C)C)c(O)c(C(C)(C)C)c4)CC3)CC2)CC(C)(C)N1. The molecule has 0 aromatic heterocycles. The van der Waals surface area contributed by atoms with E-state index in [1.807, 2.05) is 0 Å². The Hall–Kier alpha value is -1.02. The fourth-order valence-corrected chi connectivity index (χ4v) is 9.12. The minimum atomic E-state index is -0.0442. The molecule has 3 aliphatic rings. The summed E-state index contributed by atoms with van der Waals surface area (Å²) in [6.45, 7) is 23.0. The Morgan fingerprint density at radius 2 is 1.05 bits per heavy atom. The number of aryl methyl sites for hydroxylation is 1. The van der Waals surface area contributed by atoms with Gasteiger partial charge in [-0.05, 0) is 149 Å². The van der Waals surface area contributed by atoms with Crippen molar-refractivity contribution in [2.24, 2.45) is 29.6 Å². The minimum absolute atomic E-state index is 0.0442. The molecule has 1 aliphatic heterocycles. The third kappa shape index (κ3) is 7.84. The zero-order valence-electron chi connectivity index (χ0n) is 27.5. The van der Waals surface area contributed by atoms with Gasteiger partial charge in [0.2, 0.25) is 0 Å². The lowest BCUT2D eigenvalue weighted by molar-refractivity contribution is 0.0577. The molecule has 0 atom stereocenters. The van der Waals surface area contributed by atoms with Gasteiger partial charge in [-0.15, -0.1) is 0 Å². The molecule has 2 saturated carbocycles. The number of piperidine rings is 1. The largest absolute Gasteiger partial charge is 0.507 e. The van der Waals surface area contributed by atoms with Crippen LogP contribution >= 0.6 is 0 Å². The van der Waals surface area contributed by atoms with Gasteiger partial charge in [0.1, 0.15) is 5.75 Å². The Kier molecular flexibility index (Phi) is 8.99. The van der Waals surface area contributed by atoms with Gasteiger partial charge in [-0.25, -0.2) is 0 Å². The van der Waals surface area contributed by atoms with Crippen molar-refractivity contribution in [2.75, 3.05) is 0 Å². The monoisotopic (exact) mass is 537 g/mol. The third-order valence-corrected chi connectivity index (χ3v) is 10.9. The molecule has 0 amide bonds.